The molecule has 0 radical (unpaired) electrons. The lowest BCUT2D eigenvalue weighted by Gasteiger charge is -2.34. The Balaban J connectivity index is 1.88. The maximum atomic E-state index is 14.4. The van der Waals surface area contributed by atoms with Crippen LogP contribution < -0.4 is 0 Å². The minimum absolute atomic E-state index is 0.0708. The number of carbonyl (C=O) groups excluding carboxylic acids is 1. The van der Waals surface area contributed by atoms with Crippen LogP contribution in [0.5, 0.6) is 11.5 Å². The molecule has 0 amide bonds. The van der Waals surface area contributed by atoms with Crippen molar-refractivity contribution in [3.63, 3.8) is 0 Å². The molecule has 0 fully saturated rings. The third-order valence-electron chi connectivity index (χ3n) is 6.33. The highest BCUT2D eigenvalue weighted by atomic mass is 19.4. The molecule has 0 unspecified atom stereocenters. The van der Waals surface area contributed by atoms with Gasteiger partial charge in [-0.1, -0.05) is 66.7 Å². The van der Waals surface area contributed by atoms with E-state index in [2.05, 4.69) is 0 Å². The van der Waals surface area contributed by atoms with Gasteiger partial charge in [0, 0.05) is 26.2 Å². The zero-order valence-electron chi connectivity index (χ0n) is 21.6. The monoisotopic (exact) mass is 544 g/mol. The number of phenolic OH excluding ortho intramolecular Hbond substituents is 2. The van der Waals surface area contributed by atoms with E-state index in [9.17, 15) is 28.2 Å². The summed E-state index contributed by atoms with van der Waals surface area (Å²) in [4.78, 5) is 13.3. The number of aryl methyl sites for hydroxylation is 1. The molecule has 0 aliphatic rings. The maximum Gasteiger partial charge on any atom is 0.432 e. The van der Waals surface area contributed by atoms with Gasteiger partial charge in [-0.3, -0.25) is 0 Å². The van der Waals surface area contributed by atoms with Crippen molar-refractivity contribution >= 4 is 12.0 Å². The molecular formula is C30H31F3O6. The summed E-state index contributed by atoms with van der Waals surface area (Å²) in [5, 5.41) is 19.0. The van der Waals surface area contributed by atoms with Crippen LogP contribution in [0.4, 0.5) is 13.2 Å². The second-order valence-electron chi connectivity index (χ2n) is 8.94. The summed E-state index contributed by atoms with van der Waals surface area (Å²) in [6, 6.07) is 19.5. The molecule has 0 aliphatic carbocycles. The van der Waals surface area contributed by atoms with Crippen LogP contribution in [0.15, 0.2) is 84.9 Å². The van der Waals surface area contributed by atoms with Crippen LogP contribution in [0.2, 0.25) is 0 Å². The number of hydrogen-bond acceptors (Lipinski definition) is 6. The van der Waals surface area contributed by atoms with E-state index in [4.69, 9.17) is 14.2 Å². The van der Waals surface area contributed by atoms with Gasteiger partial charge >= 0.3 is 12.1 Å². The molecule has 3 atom stereocenters. The molecule has 0 spiro atoms. The number of esters is 1. The standard InChI is InChI=1S/C30H31F3O6/c1-37-26(18-12-21-8-14-24(34)15-9-21)20-27(19-13-22-10-16-25(35)17-11-22)39-28(36)29(38-2,30(31,32)33)23-6-4-3-5-7-23/h3-12,14-18,26-27,34-35H,13,19-20H2,1-2H3/b18-12+/t26-,27+,29-/m1/s1. The third-order valence-corrected chi connectivity index (χ3v) is 6.33. The predicted octanol–water partition coefficient (Wildman–Crippen LogP) is 6.16. The van der Waals surface area contributed by atoms with Crippen LogP contribution in [-0.4, -0.2) is 48.8 Å². The molecule has 3 aromatic rings. The van der Waals surface area contributed by atoms with Crippen molar-refractivity contribution in [2.75, 3.05) is 14.2 Å². The van der Waals surface area contributed by atoms with Crippen LogP contribution in [0, 0.1) is 0 Å². The van der Waals surface area contributed by atoms with Gasteiger partial charge in [-0.15, -0.1) is 0 Å². The molecule has 6 nitrogen and oxygen atoms in total. The summed E-state index contributed by atoms with van der Waals surface area (Å²) in [5.41, 5.74) is -2.13. The zero-order valence-corrected chi connectivity index (χ0v) is 21.6. The average molecular weight is 545 g/mol. The Morgan fingerprint density at radius 2 is 1.49 bits per heavy atom. The molecule has 0 saturated heterocycles. The quantitative estimate of drug-likeness (QED) is 0.266. The van der Waals surface area contributed by atoms with Gasteiger partial charge in [-0.25, -0.2) is 4.79 Å². The first-order chi connectivity index (χ1) is 18.6. The number of halogens is 3. The molecule has 39 heavy (non-hydrogen) atoms. The number of alkyl halides is 3. The molecule has 0 heterocycles. The van der Waals surface area contributed by atoms with Crippen molar-refractivity contribution < 1.29 is 42.4 Å². The fraction of sp³-hybridized carbons (Fsp3) is 0.300. The van der Waals surface area contributed by atoms with E-state index in [0.29, 0.717) is 6.42 Å². The normalized spacial score (nSPS) is 15.0. The Kier molecular flexibility index (Phi) is 10.1. The summed E-state index contributed by atoms with van der Waals surface area (Å²) >= 11 is 0. The van der Waals surface area contributed by atoms with Crippen LogP contribution >= 0.6 is 0 Å². The van der Waals surface area contributed by atoms with Gasteiger partial charge in [0.25, 0.3) is 5.60 Å². The number of benzene rings is 3. The Morgan fingerprint density at radius 3 is 2.03 bits per heavy atom. The van der Waals surface area contributed by atoms with Crippen molar-refractivity contribution in [3.05, 3.63) is 102 Å². The van der Waals surface area contributed by atoms with E-state index in [-0.39, 0.29) is 24.3 Å². The van der Waals surface area contributed by atoms with Crippen LogP contribution in [-0.2, 0) is 31.0 Å². The Bertz CT molecular complexity index is 1210. The first kappa shape index (κ1) is 29.7. The fourth-order valence-electron chi connectivity index (χ4n) is 4.15. The molecule has 0 aliphatic heterocycles. The first-order valence-corrected chi connectivity index (χ1v) is 12.3. The van der Waals surface area contributed by atoms with Gasteiger partial charge in [0.05, 0.1) is 6.10 Å². The van der Waals surface area contributed by atoms with Gasteiger partial charge < -0.3 is 24.4 Å². The van der Waals surface area contributed by atoms with Gasteiger partial charge in [-0.2, -0.15) is 13.2 Å². The second kappa shape index (κ2) is 13.3. The van der Waals surface area contributed by atoms with Crippen molar-refractivity contribution in [1.29, 1.82) is 0 Å². The lowest BCUT2D eigenvalue weighted by atomic mass is 9.92. The molecule has 0 bridgehead atoms. The highest BCUT2D eigenvalue weighted by Crippen LogP contribution is 2.43. The molecule has 3 aromatic carbocycles. The summed E-state index contributed by atoms with van der Waals surface area (Å²) in [5.74, 6) is -1.38. The molecule has 0 aromatic heterocycles. The first-order valence-electron chi connectivity index (χ1n) is 12.3. The number of carbonyl (C=O) groups is 1. The van der Waals surface area contributed by atoms with Crippen molar-refractivity contribution in [3.8, 4) is 11.5 Å². The molecule has 9 heteroatoms. The largest absolute Gasteiger partial charge is 0.508 e. The molecule has 0 saturated carbocycles. The van der Waals surface area contributed by atoms with E-state index in [1.54, 1.807) is 36.4 Å². The Labute approximate surface area is 225 Å². The highest BCUT2D eigenvalue weighted by molar-refractivity contribution is 5.82. The van der Waals surface area contributed by atoms with Crippen LogP contribution in [0.25, 0.3) is 6.08 Å². The van der Waals surface area contributed by atoms with Crippen molar-refractivity contribution in [1.82, 2.24) is 0 Å². The summed E-state index contributed by atoms with van der Waals surface area (Å²) < 4.78 is 59.2. The number of phenols is 2. The Morgan fingerprint density at radius 1 is 0.897 bits per heavy atom. The number of rotatable bonds is 12. The van der Waals surface area contributed by atoms with E-state index in [0.717, 1.165) is 18.2 Å². The highest BCUT2D eigenvalue weighted by Gasteiger charge is 2.64. The SMILES string of the molecule is CO[C@H](/C=C/c1ccc(O)cc1)C[C@H](CCc1ccc(O)cc1)OC(=O)[C@](OC)(c1ccccc1)C(F)(F)F. The summed E-state index contributed by atoms with van der Waals surface area (Å²) in [6.45, 7) is 0. The third kappa shape index (κ3) is 7.61. The lowest BCUT2D eigenvalue weighted by Crippen LogP contribution is -2.52. The van der Waals surface area contributed by atoms with Gasteiger partial charge in [0.1, 0.15) is 17.6 Å². The summed E-state index contributed by atoms with van der Waals surface area (Å²) in [7, 11) is 2.27. The molecular weight excluding hydrogens is 513 g/mol. The number of ether oxygens (including phenoxy) is 3. The van der Waals surface area contributed by atoms with E-state index in [1.807, 2.05) is 0 Å². The predicted molar refractivity (Wildman–Crippen MR) is 140 cm³/mol. The van der Waals surface area contributed by atoms with Crippen LogP contribution in [0.1, 0.15) is 29.5 Å². The number of hydrogen-bond donors (Lipinski definition) is 2. The number of aromatic hydroxyl groups is 2. The minimum atomic E-state index is -5.10. The summed E-state index contributed by atoms with van der Waals surface area (Å²) in [6.07, 6.45) is -2.59. The number of methoxy groups -OCH3 is 2. The zero-order chi connectivity index (χ0) is 28.5. The fourth-order valence-corrected chi connectivity index (χ4v) is 4.15. The molecule has 2 N–H and O–H groups in total. The van der Waals surface area contributed by atoms with E-state index >= 15 is 0 Å². The Hall–Kier alpha value is -3.82. The molecule has 3 rings (SSSR count). The maximum absolute atomic E-state index is 14.4. The van der Waals surface area contributed by atoms with E-state index in [1.165, 1.54) is 61.7 Å². The van der Waals surface area contributed by atoms with E-state index < -0.39 is 35.5 Å². The van der Waals surface area contributed by atoms with Gasteiger partial charge in [0.15, 0.2) is 0 Å². The molecule has 208 valence electrons. The topological polar surface area (TPSA) is 85.2 Å². The average Bonchev–Trinajstić information content (AvgIpc) is 2.91. The van der Waals surface area contributed by atoms with Gasteiger partial charge in [0.2, 0.25) is 0 Å². The lowest BCUT2D eigenvalue weighted by molar-refractivity contribution is -0.278. The van der Waals surface area contributed by atoms with Crippen molar-refractivity contribution in [2.24, 2.45) is 0 Å². The van der Waals surface area contributed by atoms with Crippen LogP contribution in [0.3, 0.4) is 0 Å². The minimum Gasteiger partial charge on any atom is -0.508 e. The second-order valence-corrected chi connectivity index (χ2v) is 8.94. The van der Waals surface area contributed by atoms with Gasteiger partial charge in [-0.05, 0) is 48.2 Å². The smallest absolute Gasteiger partial charge is 0.432 e. The van der Waals surface area contributed by atoms with Crippen molar-refractivity contribution in [2.45, 2.75) is 43.2 Å².